The molecule has 0 saturated carbocycles. The lowest BCUT2D eigenvalue weighted by molar-refractivity contribution is 0.276. The molecule has 1 aliphatic heterocycles. The van der Waals surface area contributed by atoms with Gasteiger partial charge in [0.1, 0.15) is 6.66 Å². The summed E-state index contributed by atoms with van der Waals surface area (Å²) in [7, 11) is 1.85. The first-order chi connectivity index (χ1) is 5.48. The maximum atomic E-state index is 10.0. The second-order valence-electron chi connectivity index (χ2n) is 3.41. The zero-order chi connectivity index (χ0) is 9.35. The van der Waals surface area contributed by atoms with Crippen LogP contribution in [0.3, 0.4) is 0 Å². The Balaban J connectivity index is 2.72. The van der Waals surface area contributed by atoms with Gasteiger partial charge in [0.15, 0.2) is 0 Å². The van der Waals surface area contributed by atoms with Gasteiger partial charge in [0.2, 0.25) is 0 Å². The second-order valence-corrected chi connectivity index (χ2v) is 6.51. The molecule has 4 heteroatoms. The standard InChI is InChI=1S/C8H16N2OP/c1-5-8-6-9(2)12(4,11)10(3)7-8/h1,8,11H,6-7H2,2-4H3/q+1. The summed E-state index contributed by atoms with van der Waals surface area (Å²) in [6.07, 6.45) is 5.34. The Morgan fingerprint density at radius 1 is 1.42 bits per heavy atom. The minimum Gasteiger partial charge on any atom is -0.213 e. The Morgan fingerprint density at radius 2 is 1.83 bits per heavy atom. The molecule has 0 spiro atoms. The minimum absolute atomic E-state index is 0.250. The Morgan fingerprint density at radius 3 is 2.17 bits per heavy atom. The Labute approximate surface area is 74.9 Å². The molecule has 1 saturated heterocycles. The van der Waals surface area contributed by atoms with Gasteiger partial charge in [-0.15, -0.1) is 21.7 Å². The first-order valence-corrected chi connectivity index (χ1v) is 6.06. The van der Waals surface area contributed by atoms with Gasteiger partial charge in [-0.05, 0) is 0 Å². The van der Waals surface area contributed by atoms with E-state index in [-0.39, 0.29) is 5.92 Å². The molecule has 0 aliphatic carbocycles. The van der Waals surface area contributed by atoms with Crippen LogP contribution in [0.1, 0.15) is 0 Å². The summed E-state index contributed by atoms with van der Waals surface area (Å²) in [5.41, 5.74) is 0. The van der Waals surface area contributed by atoms with Crippen molar-refractivity contribution in [2.75, 3.05) is 33.8 Å². The molecule has 0 aromatic heterocycles. The third-order valence-electron chi connectivity index (χ3n) is 2.50. The first kappa shape index (κ1) is 9.95. The van der Waals surface area contributed by atoms with Crippen LogP contribution in [0.2, 0.25) is 0 Å². The average molecular weight is 187 g/mol. The normalized spacial score (nSPS) is 39.4. The van der Waals surface area contributed by atoms with E-state index in [0.29, 0.717) is 0 Å². The minimum atomic E-state index is -2.00. The second kappa shape index (κ2) is 3.32. The van der Waals surface area contributed by atoms with Crippen molar-refractivity contribution in [1.82, 2.24) is 9.34 Å². The highest BCUT2D eigenvalue weighted by molar-refractivity contribution is 7.64. The highest BCUT2D eigenvalue weighted by Crippen LogP contribution is 2.58. The van der Waals surface area contributed by atoms with Gasteiger partial charge in [0, 0.05) is 14.1 Å². The predicted octanol–water partition coefficient (Wildman–Crippen LogP) is 0.498. The molecule has 0 bridgehead atoms. The molecule has 1 fully saturated rings. The molecule has 1 rings (SSSR count). The fraction of sp³-hybridized carbons (Fsp3) is 0.750. The van der Waals surface area contributed by atoms with Crippen LogP contribution in [-0.2, 0) is 0 Å². The van der Waals surface area contributed by atoms with E-state index >= 15 is 0 Å². The van der Waals surface area contributed by atoms with Crippen molar-refractivity contribution in [3.8, 4) is 12.3 Å². The average Bonchev–Trinajstić information content (AvgIpc) is 2.00. The Bertz CT molecular complexity index is 198. The van der Waals surface area contributed by atoms with Gasteiger partial charge < -0.3 is 0 Å². The summed E-state index contributed by atoms with van der Waals surface area (Å²) in [4.78, 5) is 10.0. The third kappa shape index (κ3) is 1.62. The van der Waals surface area contributed by atoms with E-state index in [2.05, 4.69) is 5.92 Å². The van der Waals surface area contributed by atoms with Gasteiger partial charge in [-0.1, -0.05) is 0 Å². The number of hydrogen-bond acceptors (Lipinski definition) is 3. The van der Waals surface area contributed by atoms with Gasteiger partial charge in [-0.3, -0.25) is 0 Å². The van der Waals surface area contributed by atoms with E-state index in [9.17, 15) is 4.89 Å². The van der Waals surface area contributed by atoms with E-state index in [1.54, 1.807) is 0 Å². The Hall–Kier alpha value is -0.130. The van der Waals surface area contributed by atoms with Gasteiger partial charge in [-0.25, -0.2) is 4.89 Å². The monoisotopic (exact) mass is 187 g/mol. The SMILES string of the molecule is C#CC1CN(C)[P+](C)(O)N(C)C1. The molecule has 1 aliphatic rings. The highest BCUT2D eigenvalue weighted by atomic mass is 31.2. The third-order valence-corrected chi connectivity index (χ3v) is 5.41. The molecule has 12 heavy (non-hydrogen) atoms. The van der Waals surface area contributed by atoms with Gasteiger partial charge in [0.25, 0.3) is 7.79 Å². The quantitative estimate of drug-likeness (QED) is 0.442. The summed E-state index contributed by atoms with van der Waals surface area (Å²) in [6.45, 7) is 3.50. The maximum Gasteiger partial charge on any atom is 0.282 e. The van der Waals surface area contributed by atoms with Crippen LogP contribution in [0.25, 0.3) is 0 Å². The van der Waals surface area contributed by atoms with Crippen LogP contribution in [0, 0.1) is 18.3 Å². The van der Waals surface area contributed by atoms with E-state index in [1.165, 1.54) is 0 Å². The fourth-order valence-corrected chi connectivity index (χ4v) is 2.91. The lowest BCUT2D eigenvalue weighted by atomic mass is 10.1. The molecule has 0 amide bonds. The zero-order valence-electron chi connectivity index (χ0n) is 7.86. The summed E-state index contributed by atoms with van der Waals surface area (Å²) < 4.78 is 3.95. The molecule has 3 nitrogen and oxygen atoms in total. The molecule has 68 valence electrons. The van der Waals surface area contributed by atoms with E-state index in [4.69, 9.17) is 6.42 Å². The Kier molecular flexibility index (Phi) is 2.75. The smallest absolute Gasteiger partial charge is 0.213 e. The number of terminal acetylenes is 1. The van der Waals surface area contributed by atoms with Crippen LogP contribution in [0.4, 0.5) is 0 Å². The van der Waals surface area contributed by atoms with Crippen LogP contribution < -0.4 is 0 Å². The fourth-order valence-electron chi connectivity index (χ4n) is 1.37. The van der Waals surface area contributed by atoms with Crippen molar-refractivity contribution >= 4 is 7.79 Å². The van der Waals surface area contributed by atoms with Crippen molar-refractivity contribution in [2.45, 2.75) is 0 Å². The molecule has 1 heterocycles. The molecule has 0 radical (unpaired) electrons. The van der Waals surface area contributed by atoms with Crippen molar-refractivity contribution in [3.05, 3.63) is 0 Å². The zero-order valence-corrected chi connectivity index (χ0v) is 8.75. The number of rotatable bonds is 0. The molecule has 0 aromatic rings. The largest absolute Gasteiger partial charge is 0.282 e. The number of nitrogens with zero attached hydrogens (tertiary/aromatic N) is 2. The van der Waals surface area contributed by atoms with Crippen LogP contribution in [0.5, 0.6) is 0 Å². The topological polar surface area (TPSA) is 26.7 Å². The van der Waals surface area contributed by atoms with E-state index in [0.717, 1.165) is 13.1 Å². The summed E-state index contributed by atoms with van der Waals surface area (Å²) in [5.74, 6) is 2.98. The van der Waals surface area contributed by atoms with Gasteiger partial charge in [0.05, 0.1) is 19.0 Å². The number of hydrogen-bond donors (Lipinski definition) is 1. The molecule has 0 unspecified atom stereocenters. The van der Waals surface area contributed by atoms with Crippen molar-refractivity contribution in [2.24, 2.45) is 5.92 Å². The highest BCUT2D eigenvalue weighted by Gasteiger charge is 2.46. The molecular weight excluding hydrogens is 171 g/mol. The van der Waals surface area contributed by atoms with Crippen LogP contribution in [0.15, 0.2) is 0 Å². The lowest BCUT2D eigenvalue weighted by Gasteiger charge is -2.38. The van der Waals surface area contributed by atoms with Crippen molar-refractivity contribution < 1.29 is 4.89 Å². The van der Waals surface area contributed by atoms with Crippen molar-refractivity contribution in [1.29, 1.82) is 0 Å². The summed E-state index contributed by atoms with van der Waals surface area (Å²) in [5, 5.41) is 0. The molecule has 1 N–H and O–H groups in total. The predicted molar refractivity (Wildman–Crippen MR) is 52.6 cm³/mol. The van der Waals surface area contributed by atoms with Gasteiger partial charge in [-0.2, -0.15) is 0 Å². The van der Waals surface area contributed by atoms with E-state index < -0.39 is 7.79 Å². The molecular formula is C8H16N2OP+. The maximum absolute atomic E-state index is 10.0. The van der Waals surface area contributed by atoms with Crippen LogP contribution in [-0.4, -0.2) is 48.1 Å². The van der Waals surface area contributed by atoms with Gasteiger partial charge >= 0.3 is 0 Å². The van der Waals surface area contributed by atoms with Crippen molar-refractivity contribution in [3.63, 3.8) is 0 Å². The summed E-state index contributed by atoms with van der Waals surface area (Å²) in [6, 6.07) is 0. The molecule has 0 atom stereocenters. The van der Waals surface area contributed by atoms with Crippen LogP contribution >= 0.6 is 7.79 Å². The summed E-state index contributed by atoms with van der Waals surface area (Å²) >= 11 is 0. The lowest BCUT2D eigenvalue weighted by Crippen LogP contribution is -2.43. The molecule has 0 aromatic carbocycles. The van der Waals surface area contributed by atoms with E-state index in [1.807, 2.05) is 30.1 Å². The first-order valence-electron chi connectivity index (χ1n) is 3.97.